The lowest BCUT2D eigenvalue weighted by Crippen LogP contribution is -2.09. The second-order valence-electron chi connectivity index (χ2n) is 4.50. The summed E-state index contributed by atoms with van der Waals surface area (Å²) < 4.78 is 5.22. The van der Waals surface area contributed by atoms with Crippen LogP contribution in [-0.2, 0) is 0 Å². The molecule has 0 atom stereocenters. The van der Waals surface area contributed by atoms with E-state index >= 15 is 0 Å². The molecule has 0 aliphatic rings. The van der Waals surface area contributed by atoms with Gasteiger partial charge in [-0.15, -0.1) is 0 Å². The molecule has 2 aromatic carbocycles. The van der Waals surface area contributed by atoms with Crippen molar-refractivity contribution in [1.82, 2.24) is 9.97 Å². The second kappa shape index (κ2) is 6.37. The van der Waals surface area contributed by atoms with E-state index in [0.717, 1.165) is 5.56 Å². The minimum Gasteiger partial charge on any atom is -0.423 e. The van der Waals surface area contributed by atoms with E-state index in [4.69, 9.17) is 16.3 Å². The standard InChI is InChI=1S/C17H11ClN2O2/c18-14-6-8-15(9-7-14)22-17(21)13-10-19-16(20-11-13)12-4-2-1-3-5-12/h1-11H. The number of carbonyl (C=O) groups excluding carboxylic acids is 1. The van der Waals surface area contributed by atoms with Crippen LogP contribution >= 0.6 is 11.6 Å². The lowest BCUT2D eigenvalue weighted by molar-refractivity contribution is 0.0734. The highest BCUT2D eigenvalue weighted by Gasteiger charge is 2.10. The molecule has 4 nitrogen and oxygen atoms in total. The van der Waals surface area contributed by atoms with Crippen molar-refractivity contribution in [1.29, 1.82) is 0 Å². The largest absolute Gasteiger partial charge is 0.423 e. The van der Waals surface area contributed by atoms with E-state index in [-0.39, 0.29) is 5.56 Å². The summed E-state index contributed by atoms with van der Waals surface area (Å²) in [6, 6.07) is 16.1. The molecule has 0 aliphatic carbocycles. The number of carbonyl (C=O) groups is 1. The van der Waals surface area contributed by atoms with Gasteiger partial charge in [0.05, 0.1) is 5.56 Å². The number of ether oxygens (including phenoxy) is 1. The molecule has 0 N–H and O–H groups in total. The fourth-order valence-corrected chi connectivity index (χ4v) is 1.96. The van der Waals surface area contributed by atoms with Gasteiger partial charge in [0.25, 0.3) is 0 Å². The molecule has 5 heteroatoms. The van der Waals surface area contributed by atoms with Crippen molar-refractivity contribution >= 4 is 17.6 Å². The molecule has 0 spiro atoms. The van der Waals surface area contributed by atoms with Gasteiger partial charge < -0.3 is 4.74 Å². The maximum atomic E-state index is 12.0. The van der Waals surface area contributed by atoms with Gasteiger partial charge in [0.2, 0.25) is 0 Å². The van der Waals surface area contributed by atoms with Crippen LogP contribution < -0.4 is 4.74 Å². The van der Waals surface area contributed by atoms with Gasteiger partial charge in [0, 0.05) is 23.0 Å². The smallest absolute Gasteiger partial charge is 0.346 e. The molecule has 0 aliphatic heterocycles. The second-order valence-corrected chi connectivity index (χ2v) is 4.94. The molecule has 108 valence electrons. The molecule has 3 rings (SSSR count). The van der Waals surface area contributed by atoms with E-state index in [9.17, 15) is 4.79 Å². The first-order valence-corrected chi connectivity index (χ1v) is 6.95. The predicted octanol–water partition coefficient (Wildman–Crippen LogP) is 4.02. The molecule has 0 fully saturated rings. The first-order valence-electron chi connectivity index (χ1n) is 6.57. The van der Waals surface area contributed by atoms with Crippen LogP contribution in [0.1, 0.15) is 10.4 Å². The topological polar surface area (TPSA) is 52.1 Å². The van der Waals surface area contributed by atoms with Crippen molar-refractivity contribution in [3.05, 3.63) is 77.6 Å². The van der Waals surface area contributed by atoms with E-state index < -0.39 is 5.97 Å². The Labute approximate surface area is 132 Å². The summed E-state index contributed by atoms with van der Waals surface area (Å²) in [7, 11) is 0. The van der Waals surface area contributed by atoms with Crippen molar-refractivity contribution in [3.8, 4) is 17.1 Å². The van der Waals surface area contributed by atoms with Crippen LogP contribution in [0.25, 0.3) is 11.4 Å². The lowest BCUT2D eigenvalue weighted by Gasteiger charge is -2.04. The molecule has 0 radical (unpaired) electrons. The highest BCUT2D eigenvalue weighted by atomic mass is 35.5. The molecule has 22 heavy (non-hydrogen) atoms. The van der Waals surface area contributed by atoms with Crippen LogP contribution in [0.5, 0.6) is 5.75 Å². The number of benzene rings is 2. The summed E-state index contributed by atoms with van der Waals surface area (Å²) >= 11 is 5.78. The van der Waals surface area contributed by atoms with Crippen LogP contribution in [0.2, 0.25) is 5.02 Å². The van der Waals surface area contributed by atoms with Crippen molar-refractivity contribution in [2.75, 3.05) is 0 Å². The first kappa shape index (κ1) is 14.2. The fraction of sp³-hybridized carbons (Fsp3) is 0. The van der Waals surface area contributed by atoms with E-state index in [0.29, 0.717) is 16.6 Å². The molecule has 0 unspecified atom stereocenters. The number of rotatable bonds is 3. The summed E-state index contributed by atoms with van der Waals surface area (Å²) in [5.41, 5.74) is 1.18. The minimum atomic E-state index is -0.512. The molecule has 0 bridgehead atoms. The van der Waals surface area contributed by atoms with Gasteiger partial charge in [-0.1, -0.05) is 41.9 Å². The number of nitrogens with zero attached hydrogens (tertiary/aromatic N) is 2. The zero-order valence-electron chi connectivity index (χ0n) is 11.4. The number of halogens is 1. The summed E-state index contributed by atoms with van der Waals surface area (Å²) in [5.74, 6) is 0.465. The Morgan fingerprint density at radius 1 is 0.909 bits per heavy atom. The Morgan fingerprint density at radius 3 is 2.18 bits per heavy atom. The number of hydrogen-bond acceptors (Lipinski definition) is 4. The maximum absolute atomic E-state index is 12.0. The summed E-state index contributed by atoms with van der Waals surface area (Å²) in [6.45, 7) is 0. The highest BCUT2D eigenvalue weighted by molar-refractivity contribution is 6.30. The third-order valence-corrected chi connectivity index (χ3v) is 3.20. The average Bonchev–Trinajstić information content (AvgIpc) is 2.58. The van der Waals surface area contributed by atoms with Gasteiger partial charge in [-0.2, -0.15) is 0 Å². The van der Waals surface area contributed by atoms with Gasteiger partial charge in [-0.05, 0) is 24.3 Å². The van der Waals surface area contributed by atoms with Gasteiger partial charge in [-0.25, -0.2) is 14.8 Å². The molecule has 1 heterocycles. The zero-order chi connectivity index (χ0) is 15.4. The Kier molecular flexibility index (Phi) is 4.12. The van der Waals surface area contributed by atoms with Crippen LogP contribution in [-0.4, -0.2) is 15.9 Å². The summed E-state index contributed by atoms with van der Waals surface area (Å²) in [5, 5.41) is 0.579. The van der Waals surface area contributed by atoms with Gasteiger partial charge in [-0.3, -0.25) is 0 Å². The number of hydrogen-bond donors (Lipinski definition) is 0. The fourth-order valence-electron chi connectivity index (χ4n) is 1.84. The van der Waals surface area contributed by atoms with E-state index in [1.165, 1.54) is 12.4 Å². The Hall–Kier alpha value is -2.72. The zero-order valence-corrected chi connectivity index (χ0v) is 12.2. The highest BCUT2D eigenvalue weighted by Crippen LogP contribution is 2.17. The van der Waals surface area contributed by atoms with E-state index in [1.54, 1.807) is 24.3 Å². The van der Waals surface area contributed by atoms with Crippen molar-refractivity contribution in [2.24, 2.45) is 0 Å². The molecule has 3 aromatic rings. The Bertz CT molecular complexity index is 772. The van der Waals surface area contributed by atoms with Crippen molar-refractivity contribution in [2.45, 2.75) is 0 Å². The maximum Gasteiger partial charge on any atom is 0.346 e. The van der Waals surface area contributed by atoms with Crippen LogP contribution in [0.15, 0.2) is 67.0 Å². The van der Waals surface area contributed by atoms with Gasteiger partial charge in [0.1, 0.15) is 5.75 Å². The van der Waals surface area contributed by atoms with Crippen molar-refractivity contribution < 1.29 is 9.53 Å². The van der Waals surface area contributed by atoms with Crippen molar-refractivity contribution in [3.63, 3.8) is 0 Å². The first-order chi connectivity index (χ1) is 10.7. The minimum absolute atomic E-state index is 0.287. The molecule has 1 aromatic heterocycles. The lowest BCUT2D eigenvalue weighted by atomic mass is 10.2. The van der Waals surface area contributed by atoms with E-state index in [2.05, 4.69) is 9.97 Å². The molecular formula is C17H11ClN2O2. The average molecular weight is 311 g/mol. The molecular weight excluding hydrogens is 300 g/mol. The van der Waals surface area contributed by atoms with Gasteiger partial charge in [0.15, 0.2) is 5.82 Å². The molecule has 0 saturated heterocycles. The third kappa shape index (κ3) is 3.30. The summed E-state index contributed by atoms with van der Waals surface area (Å²) in [4.78, 5) is 20.4. The van der Waals surface area contributed by atoms with E-state index in [1.807, 2.05) is 30.3 Å². The Morgan fingerprint density at radius 2 is 1.55 bits per heavy atom. The molecule has 0 saturated carbocycles. The van der Waals surface area contributed by atoms with Crippen LogP contribution in [0.3, 0.4) is 0 Å². The normalized spacial score (nSPS) is 10.2. The molecule has 0 amide bonds. The van der Waals surface area contributed by atoms with Crippen LogP contribution in [0, 0.1) is 0 Å². The number of esters is 1. The number of aromatic nitrogens is 2. The predicted molar refractivity (Wildman–Crippen MR) is 83.9 cm³/mol. The third-order valence-electron chi connectivity index (χ3n) is 2.94. The SMILES string of the molecule is O=C(Oc1ccc(Cl)cc1)c1cnc(-c2ccccc2)nc1. The van der Waals surface area contributed by atoms with Gasteiger partial charge >= 0.3 is 5.97 Å². The van der Waals surface area contributed by atoms with Crippen LogP contribution in [0.4, 0.5) is 0 Å². The monoisotopic (exact) mass is 310 g/mol. The summed E-state index contributed by atoms with van der Waals surface area (Å²) in [6.07, 6.45) is 2.90. The quantitative estimate of drug-likeness (QED) is 0.541. The Balaban J connectivity index is 1.75.